The molecule has 5 aromatic rings. The number of aliphatic hydroxyl groups excluding tert-OH is 2. The van der Waals surface area contributed by atoms with E-state index in [-0.39, 0.29) is 13.2 Å². The molecular formula is C21H18N4O2S. The van der Waals surface area contributed by atoms with Crippen molar-refractivity contribution in [3.8, 4) is 21.4 Å². The zero-order valence-corrected chi connectivity index (χ0v) is 15.7. The number of aromatic amines is 1. The molecule has 140 valence electrons. The average molecular weight is 390 g/mol. The van der Waals surface area contributed by atoms with Crippen molar-refractivity contribution < 1.29 is 10.2 Å². The number of imidazole rings is 2. The fourth-order valence-corrected chi connectivity index (χ4v) is 4.32. The maximum atomic E-state index is 10.0. The number of benzene rings is 2. The number of rotatable bonds is 5. The monoisotopic (exact) mass is 390 g/mol. The maximum absolute atomic E-state index is 10.0. The summed E-state index contributed by atoms with van der Waals surface area (Å²) in [6.07, 6.45) is -0.842. The van der Waals surface area contributed by atoms with Crippen LogP contribution in [-0.4, -0.2) is 42.4 Å². The highest BCUT2D eigenvalue weighted by atomic mass is 32.1. The number of nitrogens with zero attached hydrogens (tertiary/aromatic N) is 3. The third kappa shape index (κ3) is 2.90. The van der Waals surface area contributed by atoms with Gasteiger partial charge in [-0.2, -0.15) is 0 Å². The van der Waals surface area contributed by atoms with Crippen LogP contribution in [0.2, 0.25) is 0 Å². The first-order valence-electron chi connectivity index (χ1n) is 9.02. The molecule has 0 bridgehead atoms. The minimum Gasteiger partial charge on any atom is -0.394 e. The van der Waals surface area contributed by atoms with Crippen molar-refractivity contribution in [1.82, 2.24) is 19.5 Å². The molecule has 7 heteroatoms. The first-order chi connectivity index (χ1) is 13.7. The summed E-state index contributed by atoms with van der Waals surface area (Å²) >= 11 is 1.60. The van der Waals surface area contributed by atoms with Gasteiger partial charge in [0.15, 0.2) is 5.82 Å². The molecule has 0 radical (unpaired) electrons. The van der Waals surface area contributed by atoms with Crippen LogP contribution in [0, 0.1) is 0 Å². The molecule has 0 aliphatic heterocycles. The SMILES string of the molecule is OCC(O)Cn1c(-c2ccc(-c3nc4ccccc4[nH]3)s2)nc2ccccc21. The minimum atomic E-state index is -0.842. The van der Waals surface area contributed by atoms with Gasteiger partial charge in [-0.25, -0.2) is 9.97 Å². The Morgan fingerprint density at radius 3 is 2.50 bits per heavy atom. The van der Waals surface area contributed by atoms with Crippen molar-refractivity contribution in [3.63, 3.8) is 0 Å². The highest BCUT2D eigenvalue weighted by Gasteiger charge is 2.18. The van der Waals surface area contributed by atoms with Crippen LogP contribution in [0.3, 0.4) is 0 Å². The highest BCUT2D eigenvalue weighted by Crippen LogP contribution is 2.35. The molecule has 0 saturated carbocycles. The van der Waals surface area contributed by atoms with Gasteiger partial charge in [-0.1, -0.05) is 24.3 Å². The Bertz CT molecular complexity index is 1240. The van der Waals surface area contributed by atoms with Gasteiger partial charge in [0.2, 0.25) is 0 Å². The lowest BCUT2D eigenvalue weighted by Gasteiger charge is -2.11. The number of thiophene rings is 1. The number of nitrogens with one attached hydrogen (secondary N) is 1. The zero-order chi connectivity index (χ0) is 19.1. The molecule has 3 aromatic heterocycles. The number of aromatic nitrogens is 4. The lowest BCUT2D eigenvalue weighted by Crippen LogP contribution is -2.20. The molecule has 28 heavy (non-hydrogen) atoms. The molecule has 1 unspecified atom stereocenters. The van der Waals surface area contributed by atoms with Crippen LogP contribution in [0.5, 0.6) is 0 Å². The Morgan fingerprint density at radius 2 is 1.68 bits per heavy atom. The first kappa shape index (κ1) is 17.1. The van der Waals surface area contributed by atoms with Crippen LogP contribution in [0.25, 0.3) is 43.5 Å². The van der Waals surface area contributed by atoms with Crippen molar-refractivity contribution in [2.75, 3.05) is 6.61 Å². The van der Waals surface area contributed by atoms with E-state index >= 15 is 0 Å². The van der Waals surface area contributed by atoms with Crippen molar-refractivity contribution in [1.29, 1.82) is 0 Å². The van der Waals surface area contributed by atoms with Crippen LogP contribution in [-0.2, 0) is 6.54 Å². The Balaban J connectivity index is 1.60. The molecule has 3 heterocycles. The minimum absolute atomic E-state index is 0.282. The quantitative estimate of drug-likeness (QED) is 0.427. The number of hydrogen-bond donors (Lipinski definition) is 3. The van der Waals surface area contributed by atoms with E-state index in [1.165, 1.54) is 0 Å². The van der Waals surface area contributed by atoms with E-state index in [0.29, 0.717) is 0 Å². The average Bonchev–Trinajstić information content (AvgIpc) is 3.44. The van der Waals surface area contributed by atoms with Gasteiger partial charge in [0.05, 0.1) is 51.1 Å². The summed E-state index contributed by atoms with van der Waals surface area (Å²) in [6.45, 7) is -0.00909. The molecule has 3 N–H and O–H groups in total. The molecule has 0 fully saturated rings. The number of aliphatic hydroxyl groups is 2. The molecule has 0 spiro atoms. The van der Waals surface area contributed by atoms with Gasteiger partial charge in [0, 0.05) is 0 Å². The largest absolute Gasteiger partial charge is 0.394 e. The van der Waals surface area contributed by atoms with E-state index in [4.69, 9.17) is 4.98 Å². The molecule has 0 amide bonds. The summed E-state index contributed by atoms with van der Waals surface area (Å²) in [5.74, 6) is 1.61. The summed E-state index contributed by atoms with van der Waals surface area (Å²) in [6, 6.07) is 19.8. The van der Waals surface area contributed by atoms with Crippen LogP contribution < -0.4 is 0 Å². The molecular weight excluding hydrogens is 372 g/mol. The predicted molar refractivity (Wildman–Crippen MR) is 111 cm³/mol. The second-order valence-corrected chi connectivity index (χ2v) is 7.72. The predicted octanol–water partition coefficient (Wildman–Crippen LogP) is 3.66. The van der Waals surface area contributed by atoms with Gasteiger partial charge in [-0.3, -0.25) is 0 Å². The van der Waals surface area contributed by atoms with Crippen LogP contribution >= 0.6 is 11.3 Å². The molecule has 1 atom stereocenters. The van der Waals surface area contributed by atoms with E-state index in [9.17, 15) is 10.2 Å². The second-order valence-electron chi connectivity index (χ2n) is 6.64. The fraction of sp³-hybridized carbons (Fsp3) is 0.143. The lowest BCUT2D eigenvalue weighted by atomic mass is 10.3. The van der Waals surface area contributed by atoms with Gasteiger partial charge >= 0.3 is 0 Å². The lowest BCUT2D eigenvalue weighted by molar-refractivity contribution is 0.0825. The van der Waals surface area contributed by atoms with Crippen LogP contribution in [0.4, 0.5) is 0 Å². The van der Waals surface area contributed by atoms with E-state index < -0.39 is 6.10 Å². The number of para-hydroxylation sites is 4. The third-order valence-electron chi connectivity index (χ3n) is 4.71. The van der Waals surface area contributed by atoms with E-state index in [1.807, 2.05) is 65.2 Å². The van der Waals surface area contributed by atoms with Gasteiger partial charge in [0.1, 0.15) is 5.82 Å². The summed E-state index contributed by atoms with van der Waals surface area (Å²) in [7, 11) is 0. The Labute approximate surface area is 164 Å². The van der Waals surface area contributed by atoms with Gasteiger partial charge in [-0.15, -0.1) is 11.3 Å². The number of fused-ring (bicyclic) bond motifs is 2. The van der Waals surface area contributed by atoms with Gasteiger partial charge in [0.25, 0.3) is 0 Å². The van der Waals surface area contributed by atoms with Gasteiger partial charge in [-0.05, 0) is 36.4 Å². The van der Waals surface area contributed by atoms with Crippen LogP contribution in [0.15, 0.2) is 60.7 Å². The second kappa shape index (κ2) is 6.87. The molecule has 0 aliphatic rings. The van der Waals surface area contributed by atoms with Crippen molar-refractivity contribution in [3.05, 3.63) is 60.7 Å². The number of hydrogen-bond acceptors (Lipinski definition) is 5. The van der Waals surface area contributed by atoms with Crippen molar-refractivity contribution in [2.45, 2.75) is 12.6 Å². The topological polar surface area (TPSA) is 87.0 Å². The smallest absolute Gasteiger partial charge is 0.151 e. The zero-order valence-electron chi connectivity index (χ0n) is 14.9. The normalized spacial score (nSPS) is 12.8. The summed E-state index contributed by atoms with van der Waals surface area (Å²) < 4.78 is 1.96. The van der Waals surface area contributed by atoms with E-state index in [2.05, 4.69) is 9.97 Å². The Hall–Kier alpha value is -3.00. The molecule has 0 saturated heterocycles. The summed E-state index contributed by atoms with van der Waals surface area (Å²) in [5, 5.41) is 19.3. The molecule has 2 aromatic carbocycles. The standard InChI is InChI=1S/C21H18N4O2S/c26-12-13(27)11-25-17-8-4-3-7-16(17)24-21(25)19-10-9-18(28-19)20-22-14-5-1-2-6-15(14)23-20/h1-10,13,26-27H,11-12H2,(H,22,23). The fourth-order valence-electron chi connectivity index (χ4n) is 3.37. The summed E-state index contributed by atoms with van der Waals surface area (Å²) in [5.41, 5.74) is 3.74. The molecule has 0 aliphatic carbocycles. The maximum Gasteiger partial charge on any atom is 0.151 e. The summed E-state index contributed by atoms with van der Waals surface area (Å²) in [4.78, 5) is 14.8. The molecule has 5 rings (SSSR count). The third-order valence-corrected chi connectivity index (χ3v) is 5.80. The van der Waals surface area contributed by atoms with Crippen molar-refractivity contribution >= 4 is 33.4 Å². The molecule has 6 nitrogen and oxygen atoms in total. The van der Waals surface area contributed by atoms with Gasteiger partial charge < -0.3 is 19.8 Å². The Kier molecular flexibility index (Phi) is 4.20. The first-order valence-corrected chi connectivity index (χ1v) is 9.84. The van der Waals surface area contributed by atoms with Crippen molar-refractivity contribution in [2.24, 2.45) is 0 Å². The highest BCUT2D eigenvalue weighted by molar-refractivity contribution is 7.18. The van der Waals surface area contributed by atoms with Crippen LogP contribution in [0.1, 0.15) is 0 Å². The number of H-pyrrole nitrogens is 1. The van der Waals surface area contributed by atoms with E-state index in [1.54, 1.807) is 11.3 Å². The Morgan fingerprint density at radius 1 is 0.929 bits per heavy atom. The van der Waals surface area contributed by atoms with E-state index in [0.717, 1.165) is 43.5 Å².